The summed E-state index contributed by atoms with van der Waals surface area (Å²) < 4.78 is 0. The third-order valence-corrected chi connectivity index (χ3v) is 6.38. The van der Waals surface area contributed by atoms with Gasteiger partial charge >= 0.3 is 0 Å². The molecule has 0 aliphatic carbocycles. The molecule has 6 rings (SSSR count). The molecular weight excluding hydrogens is 385 g/mol. The highest BCUT2D eigenvalue weighted by Gasteiger charge is 2.33. The standard InChI is InChI=1S/C30H22BN/c1-3-12-22(13-4-1)24-16-11-17-25(23-14-5-2-6-15-23)30(24)31-26-18-7-9-20-28(26)32-29-21-10-8-19-27(29)31/h1-21,32H. The molecular formula is C30H22BN. The first-order valence-electron chi connectivity index (χ1n) is 11.1. The molecule has 5 aromatic rings. The molecule has 0 saturated heterocycles. The van der Waals surface area contributed by atoms with Gasteiger partial charge in [0.05, 0.1) is 0 Å². The van der Waals surface area contributed by atoms with Gasteiger partial charge in [0.15, 0.2) is 0 Å². The topological polar surface area (TPSA) is 12.0 Å². The van der Waals surface area contributed by atoms with E-state index in [-0.39, 0.29) is 6.71 Å². The maximum absolute atomic E-state index is 3.66. The molecule has 1 N–H and O–H groups in total. The molecule has 1 nitrogen and oxygen atoms in total. The Balaban J connectivity index is 1.71. The zero-order valence-electron chi connectivity index (χ0n) is 17.7. The van der Waals surface area contributed by atoms with Crippen LogP contribution in [0.2, 0.25) is 0 Å². The van der Waals surface area contributed by atoms with Crippen molar-refractivity contribution in [1.82, 2.24) is 0 Å². The predicted octanol–water partition coefficient (Wildman–Crippen LogP) is 5.59. The maximum atomic E-state index is 3.66. The highest BCUT2D eigenvalue weighted by molar-refractivity contribution is 6.99. The van der Waals surface area contributed by atoms with Crippen molar-refractivity contribution >= 4 is 34.5 Å². The van der Waals surface area contributed by atoms with Crippen LogP contribution in [0.15, 0.2) is 127 Å². The molecule has 0 bridgehead atoms. The number of nitrogens with one attached hydrogen (secondary N) is 1. The van der Waals surface area contributed by atoms with E-state index in [0.29, 0.717) is 0 Å². The summed E-state index contributed by atoms with van der Waals surface area (Å²) in [6.07, 6.45) is 0. The lowest BCUT2D eigenvalue weighted by molar-refractivity contribution is 1.56. The molecule has 1 heterocycles. The number of hydrogen-bond acceptors (Lipinski definition) is 1. The summed E-state index contributed by atoms with van der Waals surface area (Å²) in [7, 11) is 0. The second kappa shape index (κ2) is 7.90. The van der Waals surface area contributed by atoms with E-state index in [1.54, 1.807) is 0 Å². The molecule has 1 aliphatic rings. The first kappa shape index (κ1) is 18.7. The molecule has 5 aromatic carbocycles. The molecule has 32 heavy (non-hydrogen) atoms. The third-order valence-electron chi connectivity index (χ3n) is 6.38. The molecule has 0 unspecified atom stereocenters. The van der Waals surface area contributed by atoms with Gasteiger partial charge in [0.1, 0.15) is 0 Å². The first-order valence-corrected chi connectivity index (χ1v) is 11.1. The molecule has 0 fully saturated rings. The summed E-state index contributed by atoms with van der Waals surface area (Å²) in [6, 6.07) is 45.7. The van der Waals surface area contributed by atoms with Gasteiger partial charge in [-0.3, -0.25) is 0 Å². The van der Waals surface area contributed by atoms with Crippen LogP contribution in [0.4, 0.5) is 11.4 Å². The molecule has 0 radical (unpaired) electrons. The van der Waals surface area contributed by atoms with Crippen molar-refractivity contribution in [1.29, 1.82) is 0 Å². The summed E-state index contributed by atoms with van der Waals surface area (Å²) in [5.74, 6) is 0. The van der Waals surface area contributed by atoms with E-state index in [4.69, 9.17) is 0 Å². The van der Waals surface area contributed by atoms with Crippen LogP contribution < -0.4 is 21.7 Å². The molecule has 0 spiro atoms. The Morgan fingerprint density at radius 3 is 1.34 bits per heavy atom. The normalized spacial score (nSPS) is 11.9. The summed E-state index contributed by atoms with van der Waals surface area (Å²) >= 11 is 0. The predicted molar refractivity (Wildman–Crippen MR) is 138 cm³/mol. The number of benzene rings is 5. The van der Waals surface area contributed by atoms with Crippen molar-refractivity contribution in [2.75, 3.05) is 5.32 Å². The summed E-state index contributed by atoms with van der Waals surface area (Å²) in [5, 5.41) is 3.66. The van der Waals surface area contributed by atoms with Crippen LogP contribution in [0.3, 0.4) is 0 Å². The van der Waals surface area contributed by atoms with Crippen molar-refractivity contribution in [3.63, 3.8) is 0 Å². The minimum atomic E-state index is 0.135. The van der Waals surface area contributed by atoms with Gasteiger partial charge in [0, 0.05) is 11.4 Å². The van der Waals surface area contributed by atoms with Gasteiger partial charge in [-0.1, -0.05) is 121 Å². The highest BCUT2D eigenvalue weighted by atomic mass is 14.9. The van der Waals surface area contributed by atoms with Gasteiger partial charge in [-0.15, -0.1) is 0 Å². The SMILES string of the molecule is c1ccc(-c2cccc(-c3ccccc3)c2B2c3ccccc3Nc3ccccc32)cc1. The van der Waals surface area contributed by atoms with Gasteiger partial charge in [0.25, 0.3) is 0 Å². The van der Waals surface area contributed by atoms with Crippen LogP contribution in [0.25, 0.3) is 22.3 Å². The van der Waals surface area contributed by atoms with Crippen molar-refractivity contribution < 1.29 is 0 Å². The average molecular weight is 407 g/mol. The van der Waals surface area contributed by atoms with E-state index in [2.05, 4.69) is 133 Å². The number of fused-ring (bicyclic) bond motifs is 2. The fourth-order valence-corrected chi connectivity index (χ4v) is 4.96. The molecule has 150 valence electrons. The van der Waals surface area contributed by atoms with Gasteiger partial charge in [0.2, 0.25) is 6.71 Å². The van der Waals surface area contributed by atoms with Crippen LogP contribution in [-0.4, -0.2) is 6.71 Å². The fraction of sp³-hybridized carbons (Fsp3) is 0. The zero-order valence-corrected chi connectivity index (χ0v) is 17.7. The second-order valence-corrected chi connectivity index (χ2v) is 8.23. The second-order valence-electron chi connectivity index (χ2n) is 8.23. The zero-order chi connectivity index (χ0) is 21.3. The van der Waals surface area contributed by atoms with Crippen LogP contribution >= 0.6 is 0 Å². The number of rotatable bonds is 3. The third kappa shape index (κ3) is 3.12. The number of hydrogen-bond donors (Lipinski definition) is 1. The molecule has 1 aliphatic heterocycles. The minimum Gasteiger partial charge on any atom is -0.356 e. The van der Waals surface area contributed by atoms with Gasteiger partial charge in [-0.25, -0.2) is 0 Å². The van der Waals surface area contributed by atoms with Gasteiger partial charge in [-0.2, -0.15) is 0 Å². The van der Waals surface area contributed by atoms with Gasteiger partial charge < -0.3 is 5.32 Å². The minimum absolute atomic E-state index is 0.135. The molecule has 0 atom stereocenters. The number of anilines is 2. The average Bonchev–Trinajstić information content (AvgIpc) is 2.88. The van der Waals surface area contributed by atoms with E-state index in [1.807, 2.05) is 0 Å². The Bertz CT molecular complexity index is 1290. The van der Waals surface area contributed by atoms with Crippen LogP contribution in [0, 0.1) is 0 Å². The summed E-state index contributed by atoms with van der Waals surface area (Å²) in [5.41, 5.74) is 11.4. The quantitative estimate of drug-likeness (QED) is 0.377. The Morgan fingerprint density at radius 1 is 0.406 bits per heavy atom. The molecule has 0 saturated carbocycles. The summed E-state index contributed by atoms with van der Waals surface area (Å²) in [6.45, 7) is 0.135. The fourth-order valence-electron chi connectivity index (χ4n) is 4.96. The molecule has 0 amide bonds. The molecule has 2 heteroatoms. The monoisotopic (exact) mass is 407 g/mol. The molecule has 0 aromatic heterocycles. The van der Waals surface area contributed by atoms with Crippen LogP contribution in [0.1, 0.15) is 0 Å². The Hall–Kier alpha value is -4.04. The maximum Gasteiger partial charge on any atom is 0.248 e. The lowest BCUT2D eigenvalue weighted by atomic mass is 9.33. The number of para-hydroxylation sites is 2. The lowest BCUT2D eigenvalue weighted by Gasteiger charge is -2.30. The lowest BCUT2D eigenvalue weighted by Crippen LogP contribution is -2.56. The van der Waals surface area contributed by atoms with Crippen LogP contribution in [-0.2, 0) is 0 Å². The Kier molecular flexibility index (Phi) is 4.62. The van der Waals surface area contributed by atoms with E-state index >= 15 is 0 Å². The van der Waals surface area contributed by atoms with Crippen molar-refractivity contribution in [3.05, 3.63) is 127 Å². The summed E-state index contributed by atoms with van der Waals surface area (Å²) in [4.78, 5) is 0. The van der Waals surface area contributed by atoms with E-state index < -0.39 is 0 Å². The smallest absolute Gasteiger partial charge is 0.248 e. The Labute approximate surface area is 189 Å². The van der Waals surface area contributed by atoms with E-state index in [0.717, 1.165) is 0 Å². The largest absolute Gasteiger partial charge is 0.356 e. The van der Waals surface area contributed by atoms with E-state index in [9.17, 15) is 0 Å². The van der Waals surface area contributed by atoms with Crippen molar-refractivity contribution in [3.8, 4) is 22.3 Å². The van der Waals surface area contributed by atoms with Crippen molar-refractivity contribution in [2.45, 2.75) is 0 Å². The van der Waals surface area contributed by atoms with Crippen LogP contribution in [0.5, 0.6) is 0 Å². The van der Waals surface area contributed by atoms with Gasteiger partial charge in [-0.05, 0) is 45.3 Å². The van der Waals surface area contributed by atoms with Crippen molar-refractivity contribution in [2.24, 2.45) is 0 Å². The highest BCUT2D eigenvalue weighted by Crippen LogP contribution is 2.28. The van der Waals surface area contributed by atoms with E-state index in [1.165, 1.54) is 50.0 Å². The first-order chi connectivity index (χ1) is 15.9. The Morgan fingerprint density at radius 2 is 0.844 bits per heavy atom.